The van der Waals surface area contributed by atoms with E-state index in [1.165, 1.54) is 0 Å². The number of hydrogen-bond donors (Lipinski definition) is 2. The van der Waals surface area contributed by atoms with E-state index in [1.54, 1.807) is 4.90 Å². The first-order valence-corrected chi connectivity index (χ1v) is 9.14. The predicted octanol–water partition coefficient (Wildman–Crippen LogP) is 2.71. The van der Waals surface area contributed by atoms with Gasteiger partial charge in [0.2, 0.25) is 0 Å². The van der Waals surface area contributed by atoms with E-state index in [4.69, 9.17) is 0 Å². The summed E-state index contributed by atoms with van der Waals surface area (Å²) in [5.74, 6) is -3.55. The summed E-state index contributed by atoms with van der Waals surface area (Å²) in [7, 11) is -4.24. The van der Waals surface area contributed by atoms with Gasteiger partial charge < -0.3 is 10.0 Å². The minimum atomic E-state index is -4.24. The first kappa shape index (κ1) is 19.6. The smallest absolute Gasteiger partial charge is 0.339 e. The molecule has 0 aliphatic heterocycles. The third kappa shape index (κ3) is 4.07. The van der Waals surface area contributed by atoms with Crippen molar-refractivity contribution in [1.82, 2.24) is 4.98 Å². The van der Waals surface area contributed by atoms with Gasteiger partial charge in [-0.2, -0.15) is 0 Å². The number of carbonyl (C=O) groups is 1. The highest BCUT2D eigenvalue weighted by atomic mass is 32.2. The number of aromatic nitrogens is 1. The Bertz CT molecular complexity index is 931. The molecule has 140 valence electrons. The molecule has 1 aromatic carbocycles. The fraction of sp³-hybridized carbons (Fsp3) is 0.250. The van der Waals surface area contributed by atoms with E-state index >= 15 is 0 Å². The molecule has 0 amide bonds. The molecule has 2 aromatic rings. The highest BCUT2D eigenvalue weighted by Crippen LogP contribution is 2.24. The molecular weight excluding hydrogens is 368 g/mol. The number of hydrogen-bond acceptors (Lipinski definition) is 5. The zero-order chi connectivity index (χ0) is 19.5. The second kappa shape index (κ2) is 7.65. The number of rotatable bonds is 7. The number of carboxylic acid groups (broad SMARTS) is 1. The Morgan fingerprint density at radius 1 is 1.19 bits per heavy atom. The summed E-state index contributed by atoms with van der Waals surface area (Å²) >= 11 is 0. The van der Waals surface area contributed by atoms with Gasteiger partial charge in [0.25, 0.3) is 10.0 Å². The summed E-state index contributed by atoms with van der Waals surface area (Å²) in [5, 5.41) is 9.38. The van der Waals surface area contributed by atoms with Gasteiger partial charge in [0.05, 0.1) is 16.8 Å². The largest absolute Gasteiger partial charge is 0.478 e. The second-order valence-corrected chi connectivity index (χ2v) is 6.94. The molecule has 1 aromatic heterocycles. The van der Waals surface area contributed by atoms with Gasteiger partial charge in [0, 0.05) is 13.1 Å². The predicted molar refractivity (Wildman–Crippen MR) is 91.9 cm³/mol. The van der Waals surface area contributed by atoms with Crippen LogP contribution in [0.15, 0.2) is 35.4 Å². The first-order chi connectivity index (χ1) is 12.2. The lowest BCUT2D eigenvalue weighted by Gasteiger charge is -2.22. The van der Waals surface area contributed by atoms with Crippen molar-refractivity contribution in [2.24, 2.45) is 0 Å². The number of halogens is 2. The fourth-order valence-electron chi connectivity index (χ4n) is 2.30. The fourth-order valence-corrected chi connectivity index (χ4v) is 3.35. The van der Waals surface area contributed by atoms with Crippen LogP contribution in [0.1, 0.15) is 24.2 Å². The van der Waals surface area contributed by atoms with E-state index in [0.29, 0.717) is 25.2 Å². The Labute approximate surface area is 149 Å². The lowest BCUT2D eigenvalue weighted by Crippen LogP contribution is -2.25. The van der Waals surface area contributed by atoms with Crippen LogP contribution < -0.4 is 9.62 Å². The highest BCUT2D eigenvalue weighted by Gasteiger charge is 2.20. The Balaban J connectivity index is 2.41. The van der Waals surface area contributed by atoms with Gasteiger partial charge >= 0.3 is 5.97 Å². The molecule has 7 nitrogen and oxygen atoms in total. The molecule has 1 heterocycles. The van der Waals surface area contributed by atoms with Crippen LogP contribution in [-0.4, -0.2) is 37.6 Å². The number of pyridine rings is 1. The third-order valence-corrected chi connectivity index (χ3v) is 4.99. The molecule has 0 bridgehead atoms. The lowest BCUT2D eigenvalue weighted by atomic mass is 10.2. The summed E-state index contributed by atoms with van der Waals surface area (Å²) in [6.45, 7) is 4.69. The van der Waals surface area contributed by atoms with E-state index in [1.807, 2.05) is 13.8 Å². The Morgan fingerprint density at radius 2 is 1.85 bits per heavy atom. The molecule has 0 aliphatic carbocycles. The minimum Gasteiger partial charge on any atom is -0.478 e. The monoisotopic (exact) mass is 385 g/mol. The first-order valence-electron chi connectivity index (χ1n) is 7.65. The van der Waals surface area contributed by atoms with Crippen molar-refractivity contribution >= 4 is 27.5 Å². The third-order valence-electron chi connectivity index (χ3n) is 3.61. The molecule has 0 radical (unpaired) electrons. The van der Waals surface area contributed by atoms with Crippen LogP contribution in [0, 0.1) is 11.6 Å². The summed E-state index contributed by atoms with van der Waals surface area (Å²) in [4.78, 5) is 16.7. The van der Waals surface area contributed by atoms with Gasteiger partial charge in [0.15, 0.2) is 11.6 Å². The molecule has 0 saturated heterocycles. The SMILES string of the molecule is CCN(CC)c1ncc(NS(=O)(=O)c2ccc(F)c(F)c2)cc1C(=O)O. The molecule has 26 heavy (non-hydrogen) atoms. The molecule has 0 unspecified atom stereocenters. The molecule has 0 atom stereocenters. The molecule has 2 N–H and O–H groups in total. The van der Waals surface area contributed by atoms with Gasteiger partial charge in [-0.3, -0.25) is 4.72 Å². The zero-order valence-electron chi connectivity index (χ0n) is 14.0. The second-order valence-electron chi connectivity index (χ2n) is 5.25. The minimum absolute atomic E-state index is 0.108. The topological polar surface area (TPSA) is 99.6 Å². The van der Waals surface area contributed by atoms with Crippen molar-refractivity contribution in [3.63, 3.8) is 0 Å². The van der Waals surface area contributed by atoms with Crippen molar-refractivity contribution < 1.29 is 27.1 Å². The molecular formula is C16H17F2N3O4S. The van der Waals surface area contributed by atoms with Crippen LogP contribution in [0.2, 0.25) is 0 Å². The van der Waals surface area contributed by atoms with E-state index in [2.05, 4.69) is 9.71 Å². The van der Waals surface area contributed by atoms with Crippen LogP contribution in [0.3, 0.4) is 0 Å². The molecule has 0 spiro atoms. The van der Waals surface area contributed by atoms with Crippen LogP contribution >= 0.6 is 0 Å². The van der Waals surface area contributed by atoms with Crippen LogP contribution in [0.25, 0.3) is 0 Å². The van der Waals surface area contributed by atoms with E-state index < -0.39 is 32.5 Å². The number of anilines is 2. The van der Waals surface area contributed by atoms with Crippen LogP contribution in [-0.2, 0) is 10.0 Å². The van der Waals surface area contributed by atoms with Crippen LogP contribution in [0.4, 0.5) is 20.3 Å². The van der Waals surface area contributed by atoms with Crippen molar-refractivity contribution in [2.75, 3.05) is 22.7 Å². The quantitative estimate of drug-likeness (QED) is 0.760. The molecule has 0 fully saturated rings. The summed E-state index contributed by atoms with van der Waals surface area (Å²) in [5.41, 5.74) is -0.290. The number of aromatic carboxylic acids is 1. The Hall–Kier alpha value is -2.75. The van der Waals surface area contributed by atoms with Gasteiger partial charge in [-0.15, -0.1) is 0 Å². The zero-order valence-corrected chi connectivity index (χ0v) is 14.8. The Morgan fingerprint density at radius 3 is 2.38 bits per heavy atom. The van der Waals surface area contributed by atoms with Crippen molar-refractivity contribution in [3.8, 4) is 0 Å². The normalized spacial score (nSPS) is 11.2. The van der Waals surface area contributed by atoms with E-state index in [0.717, 1.165) is 18.3 Å². The Kier molecular flexibility index (Phi) is 5.76. The molecule has 0 saturated carbocycles. The maximum Gasteiger partial charge on any atom is 0.339 e. The van der Waals surface area contributed by atoms with Crippen LogP contribution in [0.5, 0.6) is 0 Å². The standard InChI is InChI=1S/C16H17F2N3O4S/c1-3-21(4-2)15-12(16(22)23)7-10(9-19-15)20-26(24,25)11-5-6-13(17)14(18)8-11/h5-9,20H,3-4H2,1-2H3,(H,22,23). The van der Waals surface area contributed by atoms with Crippen molar-refractivity contribution in [1.29, 1.82) is 0 Å². The summed E-state index contributed by atoms with van der Waals surface area (Å²) < 4.78 is 52.9. The van der Waals surface area contributed by atoms with Gasteiger partial charge in [-0.1, -0.05) is 0 Å². The van der Waals surface area contributed by atoms with Crippen molar-refractivity contribution in [3.05, 3.63) is 47.7 Å². The van der Waals surface area contributed by atoms with Gasteiger partial charge in [-0.25, -0.2) is 27.0 Å². The average molecular weight is 385 g/mol. The number of benzene rings is 1. The van der Waals surface area contributed by atoms with E-state index in [9.17, 15) is 27.1 Å². The van der Waals surface area contributed by atoms with Crippen molar-refractivity contribution in [2.45, 2.75) is 18.7 Å². The number of nitrogens with zero attached hydrogens (tertiary/aromatic N) is 2. The van der Waals surface area contributed by atoms with Gasteiger partial charge in [-0.05, 0) is 38.1 Å². The summed E-state index contributed by atoms with van der Waals surface area (Å²) in [6.07, 6.45) is 1.16. The maximum absolute atomic E-state index is 13.3. The number of sulfonamides is 1. The maximum atomic E-state index is 13.3. The summed E-state index contributed by atoms with van der Waals surface area (Å²) in [6, 6.07) is 3.25. The van der Waals surface area contributed by atoms with E-state index in [-0.39, 0.29) is 17.1 Å². The molecule has 0 aliphatic rings. The average Bonchev–Trinajstić information content (AvgIpc) is 2.58. The lowest BCUT2D eigenvalue weighted by molar-refractivity contribution is 0.0697. The molecule has 2 rings (SSSR count). The molecule has 10 heteroatoms. The highest BCUT2D eigenvalue weighted by molar-refractivity contribution is 7.92. The number of nitrogens with one attached hydrogen (secondary N) is 1. The number of carboxylic acids is 1. The van der Waals surface area contributed by atoms with Gasteiger partial charge in [0.1, 0.15) is 11.4 Å².